The average molecular weight is 349 g/mol. The van der Waals surface area contributed by atoms with Crippen LogP contribution in [0.25, 0.3) is 0 Å². The Bertz CT molecular complexity index is 693. The normalized spacial score (nSPS) is 16.5. The number of thioether (sulfide) groups is 1. The van der Waals surface area contributed by atoms with Gasteiger partial charge in [-0.2, -0.15) is 16.9 Å². The van der Waals surface area contributed by atoms with Crippen LogP contribution in [0.1, 0.15) is 17.8 Å². The Kier molecular flexibility index (Phi) is 5.68. The first-order valence-electron chi connectivity index (χ1n) is 7.94. The van der Waals surface area contributed by atoms with Crippen LogP contribution in [0.4, 0.5) is 9.18 Å². The number of rotatable bonds is 6. The molecule has 0 spiro atoms. The molecule has 0 radical (unpaired) electrons. The zero-order chi connectivity index (χ0) is 16.8. The first-order valence-corrected chi connectivity index (χ1v) is 9.10. The number of nitrogens with one attached hydrogen (secondary N) is 2. The van der Waals surface area contributed by atoms with Gasteiger partial charge in [0.25, 0.3) is 0 Å². The average Bonchev–Trinajstić information content (AvgIpc) is 3.04. The molecule has 1 aromatic heterocycles. The van der Waals surface area contributed by atoms with Gasteiger partial charge in [0.15, 0.2) is 0 Å². The van der Waals surface area contributed by atoms with E-state index in [4.69, 9.17) is 0 Å². The largest absolute Gasteiger partial charge is 0.337 e. The minimum absolute atomic E-state index is 0.0743. The van der Waals surface area contributed by atoms with Crippen LogP contribution < -0.4 is 10.6 Å². The molecule has 0 fully saturated rings. The first kappa shape index (κ1) is 16.8. The summed E-state index contributed by atoms with van der Waals surface area (Å²) in [5.74, 6) is 2.13. The molecular formula is C16H20FN5OS. The zero-order valence-corrected chi connectivity index (χ0v) is 14.1. The molecular weight excluding hydrogens is 329 g/mol. The lowest BCUT2D eigenvalue weighted by molar-refractivity contribution is 0.232. The van der Waals surface area contributed by atoms with Gasteiger partial charge in [0.2, 0.25) is 0 Å². The van der Waals surface area contributed by atoms with E-state index >= 15 is 0 Å². The number of aromatic nitrogens is 3. The van der Waals surface area contributed by atoms with E-state index in [0.717, 1.165) is 24.4 Å². The van der Waals surface area contributed by atoms with Crippen LogP contribution >= 0.6 is 11.8 Å². The summed E-state index contributed by atoms with van der Waals surface area (Å²) < 4.78 is 15.3. The number of urea groups is 1. The molecule has 1 aliphatic rings. The summed E-state index contributed by atoms with van der Waals surface area (Å²) in [6.45, 7) is 1.21. The molecule has 2 amide bonds. The summed E-state index contributed by atoms with van der Waals surface area (Å²) in [5, 5.41) is 9.93. The molecule has 0 bridgehead atoms. The van der Waals surface area contributed by atoms with Gasteiger partial charge >= 0.3 is 6.03 Å². The van der Waals surface area contributed by atoms with Crippen LogP contribution in [0, 0.1) is 5.82 Å². The van der Waals surface area contributed by atoms with Crippen LogP contribution in [0.5, 0.6) is 0 Å². The van der Waals surface area contributed by atoms with Gasteiger partial charge in [0, 0.05) is 24.5 Å². The highest BCUT2D eigenvalue weighted by atomic mass is 32.2. The summed E-state index contributed by atoms with van der Waals surface area (Å²) in [7, 11) is 0. The van der Waals surface area contributed by atoms with E-state index in [1.165, 1.54) is 6.07 Å². The van der Waals surface area contributed by atoms with Crippen molar-refractivity contribution in [3.63, 3.8) is 0 Å². The number of fused-ring (bicyclic) bond motifs is 1. The fourth-order valence-electron chi connectivity index (χ4n) is 2.63. The van der Waals surface area contributed by atoms with Crippen LogP contribution in [-0.4, -0.2) is 39.1 Å². The lowest BCUT2D eigenvalue weighted by atomic mass is 10.1. The van der Waals surface area contributed by atoms with E-state index in [-0.39, 0.29) is 17.9 Å². The molecule has 2 aromatic rings. The van der Waals surface area contributed by atoms with Gasteiger partial charge in [-0.3, -0.25) is 0 Å². The van der Waals surface area contributed by atoms with E-state index < -0.39 is 0 Å². The standard InChI is InChI=1S/C16H20FN5OS/c17-14-4-2-1-3-12(14)10-24-8-7-18-16(23)21-13-5-6-15-19-11-20-22(15)9-13/h1-4,11,13H,5-10H2,(H2,18,21,23)/t13-/m1/s1. The molecule has 1 aliphatic heterocycles. The Labute approximate surface area is 144 Å². The fraction of sp³-hybridized carbons (Fsp3) is 0.438. The molecule has 24 heavy (non-hydrogen) atoms. The number of hydrogen-bond acceptors (Lipinski definition) is 4. The summed E-state index contributed by atoms with van der Waals surface area (Å²) in [6, 6.07) is 6.66. The van der Waals surface area contributed by atoms with Crippen molar-refractivity contribution in [1.29, 1.82) is 0 Å². The SMILES string of the molecule is O=C(NCCSCc1ccccc1F)N[C@@H]1CCc2ncnn2C1. The molecule has 128 valence electrons. The highest BCUT2D eigenvalue weighted by Crippen LogP contribution is 2.14. The number of amides is 2. The van der Waals surface area contributed by atoms with E-state index in [1.807, 2.05) is 10.7 Å². The smallest absolute Gasteiger partial charge is 0.315 e. The van der Waals surface area contributed by atoms with Crippen LogP contribution in [-0.2, 0) is 18.7 Å². The molecule has 1 aromatic carbocycles. The Morgan fingerprint density at radius 1 is 1.42 bits per heavy atom. The zero-order valence-electron chi connectivity index (χ0n) is 13.2. The third-order valence-electron chi connectivity index (χ3n) is 3.89. The quantitative estimate of drug-likeness (QED) is 0.782. The van der Waals surface area contributed by atoms with Crippen molar-refractivity contribution in [2.24, 2.45) is 0 Å². The van der Waals surface area contributed by atoms with Crippen molar-refractivity contribution in [3.05, 3.63) is 47.8 Å². The minimum atomic E-state index is -0.180. The monoisotopic (exact) mass is 349 g/mol. The molecule has 2 heterocycles. The van der Waals surface area contributed by atoms with Crippen LogP contribution in [0.15, 0.2) is 30.6 Å². The van der Waals surface area contributed by atoms with Crippen molar-refractivity contribution < 1.29 is 9.18 Å². The molecule has 0 saturated carbocycles. The van der Waals surface area contributed by atoms with Gasteiger partial charge in [-0.05, 0) is 18.1 Å². The molecule has 0 unspecified atom stereocenters. The highest BCUT2D eigenvalue weighted by molar-refractivity contribution is 7.98. The van der Waals surface area contributed by atoms with E-state index in [0.29, 0.717) is 24.4 Å². The molecule has 0 aliphatic carbocycles. The lowest BCUT2D eigenvalue weighted by Gasteiger charge is -2.23. The van der Waals surface area contributed by atoms with E-state index in [1.54, 1.807) is 30.2 Å². The Hall–Kier alpha value is -2.09. The number of carbonyl (C=O) groups excluding carboxylic acids is 1. The summed E-state index contributed by atoms with van der Waals surface area (Å²) >= 11 is 1.60. The van der Waals surface area contributed by atoms with E-state index in [9.17, 15) is 9.18 Å². The second-order valence-corrected chi connectivity index (χ2v) is 6.74. The van der Waals surface area contributed by atoms with Crippen molar-refractivity contribution in [2.45, 2.75) is 31.2 Å². The predicted octanol–water partition coefficient (Wildman–Crippen LogP) is 1.96. The lowest BCUT2D eigenvalue weighted by Crippen LogP contribution is -2.46. The molecule has 0 saturated heterocycles. The van der Waals surface area contributed by atoms with Crippen molar-refractivity contribution in [2.75, 3.05) is 12.3 Å². The summed E-state index contributed by atoms with van der Waals surface area (Å²) in [5.41, 5.74) is 0.692. The number of benzene rings is 1. The second kappa shape index (κ2) is 8.14. The second-order valence-electron chi connectivity index (χ2n) is 5.64. The van der Waals surface area contributed by atoms with Crippen LogP contribution in [0.3, 0.4) is 0 Å². The third kappa shape index (κ3) is 4.47. The number of aryl methyl sites for hydroxylation is 1. The molecule has 8 heteroatoms. The Morgan fingerprint density at radius 3 is 3.17 bits per heavy atom. The van der Waals surface area contributed by atoms with Gasteiger partial charge in [-0.15, -0.1) is 0 Å². The molecule has 6 nitrogen and oxygen atoms in total. The molecule has 2 N–H and O–H groups in total. The predicted molar refractivity (Wildman–Crippen MR) is 91.2 cm³/mol. The van der Waals surface area contributed by atoms with Crippen molar-refractivity contribution in [3.8, 4) is 0 Å². The summed E-state index contributed by atoms with van der Waals surface area (Å²) in [6.07, 6.45) is 3.24. The molecule has 3 rings (SSSR count). The van der Waals surface area contributed by atoms with E-state index in [2.05, 4.69) is 20.7 Å². The van der Waals surface area contributed by atoms with Gasteiger partial charge in [-0.25, -0.2) is 18.9 Å². The fourth-order valence-corrected chi connectivity index (χ4v) is 3.47. The van der Waals surface area contributed by atoms with Gasteiger partial charge in [0.1, 0.15) is 18.0 Å². The van der Waals surface area contributed by atoms with Gasteiger partial charge < -0.3 is 10.6 Å². The topological polar surface area (TPSA) is 71.8 Å². The molecule has 1 atom stereocenters. The number of carbonyl (C=O) groups is 1. The van der Waals surface area contributed by atoms with Crippen molar-refractivity contribution >= 4 is 17.8 Å². The maximum absolute atomic E-state index is 13.5. The maximum Gasteiger partial charge on any atom is 0.315 e. The number of hydrogen-bond donors (Lipinski definition) is 2. The third-order valence-corrected chi connectivity index (χ3v) is 4.90. The number of nitrogens with zero attached hydrogens (tertiary/aromatic N) is 3. The Balaban J connectivity index is 1.31. The number of halogens is 1. The summed E-state index contributed by atoms with van der Waals surface area (Å²) in [4.78, 5) is 16.1. The maximum atomic E-state index is 13.5. The van der Waals surface area contributed by atoms with Gasteiger partial charge in [0.05, 0.1) is 12.6 Å². The highest BCUT2D eigenvalue weighted by Gasteiger charge is 2.20. The first-order chi connectivity index (χ1) is 11.7. The van der Waals surface area contributed by atoms with Gasteiger partial charge in [-0.1, -0.05) is 18.2 Å². The van der Waals surface area contributed by atoms with Crippen molar-refractivity contribution in [1.82, 2.24) is 25.4 Å². The van der Waals surface area contributed by atoms with Crippen LogP contribution in [0.2, 0.25) is 0 Å². The minimum Gasteiger partial charge on any atom is -0.337 e. The Morgan fingerprint density at radius 2 is 2.29 bits per heavy atom.